The van der Waals surface area contributed by atoms with Gasteiger partial charge in [0.2, 0.25) is 0 Å². The van der Waals surface area contributed by atoms with Crippen molar-refractivity contribution in [3.8, 4) is 0 Å². The summed E-state index contributed by atoms with van der Waals surface area (Å²) < 4.78 is 20.3. The Morgan fingerprint density at radius 3 is 2.55 bits per heavy atom. The third-order valence-electron chi connectivity index (χ3n) is 5.49. The fraction of sp³-hybridized carbons (Fsp3) is 0.304. The number of halogens is 1. The quantitative estimate of drug-likeness (QED) is 0.487. The molecule has 2 saturated heterocycles. The molecule has 2 unspecified atom stereocenters. The van der Waals surface area contributed by atoms with Gasteiger partial charge in [0.25, 0.3) is 11.7 Å². The number of carbonyl (C=O) groups excluding carboxylic acids is 2. The number of benzene rings is 2. The van der Waals surface area contributed by atoms with Crippen LogP contribution < -0.4 is 0 Å². The van der Waals surface area contributed by atoms with Crippen LogP contribution in [0, 0.1) is 12.7 Å². The zero-order chi connectivity index (χ0) is 20.5. The van der Waals surface area contributed by atoms with E-state index in [-0.39, 0.29) is 29.5 Å². The first-order chi connectivity index (χ1) is 14.0. The summed E-state index contributed by atoms with van der Waals surface area (Å²) in [4.78, 5) is 27.1. The summed E-state index contributed by atoms with van der Waals surface area (Å²) in [6.07, 6.45) is 1.44. The highest BCUT2D eigenvalue weighted by Crippen LogP contribution is 2.40. The number of rotatable bonds is 4. The molecule has 29 heavy (non-hydrogen) atoms. The second kappa shape index (κ2) is 7.79. The maximum absolute atomic E-state index is 14.7. The first-order valence-electron chi connectivity index (χ1n) is 9.69. The van der Waals surface area contributed by atoms with Crippen LogP contribution in [0.15, 0.2) is 54.1 Å². The fourth-order valence-electron chi connectivity index (χ4n) is 3.96. The fourth-order valence-corrected chi connectivity index (χ4v) is 3.96. The first-order valence-corrected chi connectivity index (χ1v) is 9.69. The maximum atomic E-state index is 14.7. The number of likely N-dealkylation sites (tertiary alicyclic amines) is 1. The molecule has 0 radical (unpaired) electrons. The van der Waals surface area contributed by atoms with E-state index in [1.54, 1.807) is 36.4 Å². The molecule has 5 nitrogen and oxygen atoms in total. The monoisotopic (exact) mass is 395 g/mol. The van der Waals surface area contributed by atoms with Crippen LogP contribution in [0.5, 0.6) is 0 Å². The molecule has 2 fully saturated rings. The van der Waals surface area contributed by atoms with Crippen molar-refractivity contribution in [3.63, 3.8) is 0 Å². The van der Waals surface area contributed by atoms with Crippen LogP contribution in [0.3, 0.4) is 0 Å². The number of aryl methyl sites for hydroxylation is 1. The van der Waals surface area contributed by atoms with Crippen molar-refractivity contribution in [3.05, 3.63) is 76.6 Å². The SMILES string of the molecule is Cc1ccc(/C(O)=C2\C(=O)C(=O)N(CC3CCCO3)C2c2ccccc2F)cc1. The molecule has 0 aromatic heterocycles. The number of Topliss-reactive ketones (excluding diaryl/α,β-unsaturated/α-hetero) is 1. The molecule has 0 spiro atoms. The van der Waals surface area contributed by atoms with Crippen molar-refractivity contribution in [1.82, 2.24) is 4.90 Å². The number of aliphatic hydroxyl groups is 1. The molecule has 2 atom stereocenters. The minimum absolute atomic E-state index is 0.0954. The normalized spacial score (nSPS) is 23.7. The van der Waals surface area contributed by atoms with Crippen molar-refractivity contribution in [2.45, 2.75) is 31.9 Å². The van der Waals surface area contributed by atoms with Gasteiger partial charge in [-0.1, -0.05) is 48.0 Å². The van der Waals surface area contributed by atoms with Gasteiger partial charge in [-0.3, -0.25) is 9.59 Å². The lowest BCUT2D eigenvalue weighted by Crippen LogP contribution is -2.36. The van der Waals surface area contributed by atoms with Gasteiger partial charge in [0.1, 0.15) is 11.6 Å². The second-order valence-corrected chi connectivity index (χ2v) is 7.47. The van der Waals surface area contributed by atoms with E-state index in [2.05, 4.69) is 0 Å². The summed E-state index contributed by atoms with van der Waals surface area (Å²) in [5.74, 6) is -2.39. The molecular weight excluding hydrogens is 373 g/mol. The molecule has 4 rings (SSSR count). The standard InChI is InChI=1S/C23H22FNO4/c1-14-8-10-15(11-9-14)21(26)19-20(17-6-2-3-7-18(17)24)25(23(28)22(19)27)13-16-5-4-12-29-16/h2-3,6-11,16,20,26H,4-5,12-13H2,1H3/b21-19+. The van der Waals surface area contributed by atoms with Gasteiger partial charge >= 0.3 is 0 Å². The van der Waals surface area contributed by atoms with E-state index in [0.717, 1.165) is 18.4 Å². The third-order valence-corrected chi connectivity index (χ3v) is 5.49. The first kappa shape index (κ1) is 19.3. The van der Waals surface area contributed by atoms with Crippen molar-refractivity contribution < 1.29 is 23.8 Å². The van der Waals surface area contributed by atoms with Crippen molar-refractivity contribution in [2.75, 3.05) is 13.2 Å². The predicted molar refractivity (Wildman–Crippen MR) is 106 cm³/mol. The van der Waals surface area contributed by atoms with E-state index < -0.39 is 23.5 Å². The van der Waals surface area contributed by atoms with Crippen LogP contribution in [0.25, 0.3) is 5.76 Å². The van der Waals surface area contributed by atoms with Crippen LogP contribution in [0.1, 0.15) is 35.6 Å². The zero-order valence-electron chi connectivity index (χ0n) is 16.1. The number of carbonyl (C=O) groups is 2. The molecular formula is C23H22FNO4. The van der Waals surface area contributed by atoms with Gasteiger partial charge in [-0.25, -0.2) is 4.39 Å². The Morgan fingerprint density at radius 2 is 1.90 bits per heavy atom. The summed E-state index contributed by atoms with van der Waals surface area (Å²) in [5.41, 5.74) is 1.48. The summed E-state index contributed by atoms with van der Waals surface area (Å²) >= 11 is 0. The highest BCUT2D eigenvalue weighted by atomic mass is 19.1. The number of amides is 1. The summed E-state index contributed by atoms with van der Waals surface area (Å²) in [6, 6.07) is 12.0. The van der Waals surface area contributed by atoms with Gasteiger partial charge in [0.15, 0.2) is 0 Å². The molecule has 0 saturated carbocycles. The third kappa shape index (κ3) is 3.56. The van der Waals surface area contributed by atoms with Gasteiger partial charge < -0.3 is 14.7 Å². The minimum Gasteiger partial charge on any atom is -0.507 e. The highest BCUT2D eigenvalue weighted by molar-refractivity contribution is 6.46. The largest absolute Gasteiger partial charge is 0.507 e. The van der Waals surface area contributed by atoms with Gasteiger partial charge in [-0.2, -0.15) is 0 Å². The maximum Gasteiger partial charge on any atom is 0.295 e. The van der Waals surface area contributed by atoms with E-state index in [1.165, 1.54) is 17.0 Å². The highest BCUT2D eigenvalue weighted by Gasteiger charge is 2.47. The van der Waals surface area contributed by atoms with Crippen molar-refractivity contribution in [2.24, 2.45) is 0 Å². The molecule has 6 heteroatoms. The summed E-state index contributed by atoms with van der Waals surface area (Å²) in [7, 11) is 0. The van der Waals surface area contributed by atoms with Gasteiger partial charge in [0, 0.05) is 24.3 Å². The van der Waals surface area contributed by atoms with Gasteiger partial charge in [-0.15, -0.1) is 0 Å². The van der Waals surface area contributed by atoms with Crippen molar-refractivity contribution in [1.29, 1.82) is 0 Å². The molecule has 1 amide bonds. The smallest absolute Gasteiger partial charge is 0.295 e. The lowest BCUT2D eigenvalue weighted by Gasteiger charge is -2.27. The van der Waals surface area contributed by atoms with Crippen LogP contribution >= 0.6 is 0 Å². The summed E-state index contributed by atoms with van der Waals surface area (Å²) in [5, 5.41) is 10.9. The van der Waals surface area contributed by atoms with Crippen LogP contribution in [0.4, 0.5) is 4.39 Å². The molecule has 0 bridgehead atoms. The predicted octanol–water partition coefficient (Wildman–Crippen LogP) is 3.73. The number of hydrogen-bond acceptors (Lipinski definition) is 4. The average Bonchev–Trinajstić information content (AvgIpc) is 3.31. The molecule has 1 N–H and O–H groups in total. The lowest BCUT2D eigenvalue weighted by molar-refractivity contribution is -0.140. The number of hydrogen-bond donors (Lipinski definition) is 1. The summed E-state index contributed by atoms with van der Waals surface area (Å²) in [6.45, 7) is 2.68. The van der Waals surface area contributed by atoms with E-state index in [1.807, 2.05) is 6.92 Å². The topological polar surface area (TPSA) is 66.8 Å². The molecule has 2 aliphatic rings. The Hall–Kier alpha value is -2.99. The van der Waals surface area contributed by atoms with Crippen LogP contribution in [0.2, 0.25) is 0 Å². The molecule has 2 aromatic rings. The number of ether oxygens (including phenoxy) is 1. The Morgan fingerprint density at radius 1 is 1.17 bits per heavy atom. The van der Waals surface area contributed by atoms with Gasteiger partial charge in [0.05, 0.1) is 17.7 Å². The Balaban J connectivity index is 1.84. The Kier molecular flexibility index (Phi) is 5.20. The van der Waals surface area contributed by atoms with Crippen LogP contribution in [-0.2, 0) is 14.3 Å². The zero-order valence-corrected chi connectivity index (χ0v) is 16.1. The molecule has 150 valence electrons. The average molecular weight is 395 g/mol. The van der Waals surface area contributed by atoms with E-state index in [0.29, 0.717) is 12.2 Å². The minimum atomic E-state index is -0.998. The van der Waals surface area contributed by atoms with E-state index in [4.69, 9.17) is 4.74 Å². The van der Waals surface area contributed by atoms with E-state index >= 15 is 0 Å². The second-order valence-electron chi connectivity index (χ2n) is 7.47. The molecule has 2 aromatic carbocycles. The molecule has 2 aliphatic heterocycles. The Bertz CT molecular complexity index is 977. The van der Waals surface area contributed by atoms with Crippen molar-refractivity contribution >= 4 is 17.4 Å². The van der Waals surface area contributed by atoms with E-state index in [9.17, 15) is 19.1 Å². The molecule has 2 heterocycles. The number of ketones is 1. The lowest BCUT2D eigenvalue weighted by atomic mass is 9.94. The molecule has 0 aliphatic carbocycles. The van der Waals surface area contributed by atoms with Crippen LogP contribution in [-0.4, -0.2) is 41.0 Å². The van der Waals surface area contributed by atoms with Gasteiger partial charge in [-0.05, 0) is 25.8 Å². The number of aliphatic hydroxyl groups excluding tert-OH is 1. The number of nitrogens with zero attached hydrogens (tertiary/aromatic N) is 1. The Labute approximate surface area is 168 Å².